The van der Waals surface area contributed by atoms with Crippen molar-refractivity contribution < 1.29 is 14.3 Å². The van der Waals surface area contributed by atoms with Gasteiger partial charge in [0.25, 0.3) is 5.91 Å². The van der Waals surface area contributed by atoms with E-state index in [0.717, 1.165) is 52.4 Å². The van der Waals surface area contributed by atoms with Crippen LogP contribution in [0.5, 0.6) is 5.75 Å². The zero-order valence-corrected chi connectivity index (χ0v) is 23.0. The molecule has 0 radical (unpaired) electrons. The summed E-state index contributed by atoms with van der Waals surface area (Å²) in [5.41, 5.74) is 6.28. The highest BCUT2D eigenvalue weighted by molar-refractivity contribution is 7.10. The Morgan fingerprint density at radius 2 is 2.00 bits per heavy atom. The highest BCUT2D eigenvalue weighted by Gasteiger charge is 2.37. The van der Waals surface area contributed by atoms with Crippen molar-refractivity contribution in [1.82, 2.24) is 19.4 Å². The molecule has 0 N–H and O–H groups in total. The van der Waals surface area contributed by atoms with Gasteiger partial charge in [0.2, 0.25) is 0 Å². The predicted octanol–water partition coefficient (Wildman–Crippen LogP) is 5.99. The minimum Gasteiger partial charge on any atom is -0.496 e. The van der Waals surface area contributed by atoms with Gasteiger partial charge in [0.1, 0.15) is 11.4 Å². The van der Waals surface area contributed by atoms with Crippen LogP contribution in [0.1, 0.15) is 59.7 Å². The predicted molar refractivity (Wildman–Crippen MR) is 149 cm³/mol. The number of hydrogen-bond donors (Lipinski definition) is 0. The number of rotatable bonds is 3. The van der Waals surface area contributed by atoms with E-state index < -0.39 is 0 Å². The highest BCUT2D eigenvalue weighted by atomic mass is 32.1. The molecule has 1 atom stereocenters. The van der Waals surface area contributed by atoms with Gasteiger partial charge in [0.15, 0.2) is 0 Å². The third-order valence-electron chi connectivity index (χ3n) is 7.44. The van der Waals surface area contributed by atoms with Crippen LogP contribution in [0.25, 0.3) is 22.5 Å². The normalized spacial score (nSPS) is 17.6. The minimum absolute atomic E-state index is 0.000144. The van der Waals surface area contributed by atoms with E-state index in [1.165, 1.54) is 10.4 Å². The molecule has 6 rings (SSSR count). The monoisotopic (exact) mass is 528 g/mol. The van der Waals surface area contributed by atoms with Gasteiger partial charge in [-0.15, -0.1) is 11.3 Å². The molecule has 0 saturated carbocycles. The Hall–Kier alpha value is -3.49. The molecule has 5 heterocycles. The summed E-state index contributed by atoms with van der Waals surface area (Å²) >= 11 is 1.73. The first-order chi connectivity index (χ1) is 18.4. The zero-order valence-electron chi connectivity index (χ0n) is 22.2. The van der Waals surface area contributed by atoms with Gasteiger partial charge in [-0.1, -0.05) is 6.07 Å². The molecule has 1 amide bonds. The van der Waals surface area contributed by atoms with Crippen molar-refractivity contribution in [3.05, 3.63) is 76.0 Å². The first-order valence-electron chi connectivity index (χ1n) is 13.0. The molecule has 196 valence electrons. The van der Waals surface area contributed by atoms with Gasteiger partial charge in [0, 0.05) is 58.3 Å². The molecule has 3 aromatic heterocycles. The Balaban J connectivity index is 1.61. The lowest BCUT2D eigenvalue weighted by Gasteiger charge is -2.37. The van der Waals surface area contributed by atoms with E-state index in [2.05, 4.69) is 71.0 Å². The van der Waals surface area contributed by atoms with E-state index in [9.17, 15) is 4.79 Å². The highest BCUT2D eigenvalue weighted by Crippen LogP contribution is 2.46. The maximum absolute atomic E-state index is 14.4. The van der Waals surface area contributed by atoms with Crippen molar-refractivity contribution in [2.45, 2.75) is 51.8 Å². The standard InChI is InChI=1S/C30H32N4O3S/c1-30(2,3)33-10-6-11-37-18-20-14-24-21-16-22(23-17-31-8-9-32-23)26(36-4)15-19(21)13-25(27-7-5-12-38-27)34(24)28(20)29(33)35/h5,7-9,12,14-17,25H,6,10-11,13,18H2,1-4H3. The second kappa shape index (κ2) is 9.67. The van der Waals surface area contributed by atoms with Gasteiger partial charge in [-0.2, -0.15) is 0 Å². The molecule has 2 aliphatic rings. The molecule has 0 spiro atoms. The van der Waals surface area contributed by atoms with Crippen LogP contribution in [0.4, 0.5) is 0 Å². The fourth-order valence-electron chi connectivity index (χ4n) is 5.68. The molecular formula is C30H32N4O3S. The van der Waals surface area contributed by atoms with Crippen LogP contribution in [0.15, 0.2) is 54.3 Å². The summed E-state index contributed by atoms with van der Waals surface area (Å²) in [5, 5.41) is 2.10. The van der Waals surface area contributed by atoms with Crippen molar-refractivity contribution in [2.75, 3.05) is 20.3 Å². The summed E-state index contributed by atoms with van der Waals surface area (Å²) in [4.78, 5) is 26.4. The van der Waals surface area contributed by atoms with Gasteiger partial charge in [0.05, 0.1) is 31.6 Å². The summed E-state index contributed by atoms with van der Waals surface area (Å²) in [6.07, 6.45) is 6.68. The topological polar surface area (TPSA) is 69.5 Å². The molecule has 1 unspecified atom stereocenters. The van der Waals surface area contributed by atoms with Gasteiger partial charge < -0.3 is 18.9 Å². The fourth-order valence-corrected chi connectivity index (χ4v) is 6.50. The van der Waals surface area contributed by atoms with Gasteiger partial charge in [-0.05, 0) is 68.8 Å². The number of hydrogen-bond acceptors (Lipinski definition) is 6. The number of benzene rings is 1. The van der Waals surface area contributed by atoms with Crippen molar-refractivity contribution in [1.29, 1.82) is 0 Å². The number of nitrogens with zero attached hydrogens (tertiary/aromatic N) is 4. The smallest absolute Gasteiger partial charge is 0.271 e. The largest absolute Gasteiger partial charge is 0.496 e. The summed E-state index contributed by atoms with van der Waals surface area (Å²) in [6.45, 7) is 8.02. The van der Waals surface area contributed by atoms with Crippen LogP contribution < -0.4 is 4.74 Å². The van der Waals surface area contributed by atoms with Crippen LogP contribution in [0.3, 0.4) is 0 Å². The van der Waals surface area contributed by atoms with Gasteiger partial charge >= 0.3 is 0 Å². The van der Waals surface area contributed by atoms with Gasteiger partial charge in [-0.25, -0.2) is 0 Å². The molecule has 0 bridgehead atoms. The minimum atomic E-state index is -0.305. The number of carbonyl (C=O) groups is 1. The summed E-state index contributed by atoms with van der Waals surface area (Å²) in [6, 6.07) is 10.7. The van der Waals surface area contributed by atoms with Crippen LogP contribution in [-0.2, 0) is 17.8 Å². The van der Waals surface area contributed by atoms with E-state index in [4.69, 9.17) is 9.47 Å². The molecule has 0 saturated heterocycles. The molecule has 0 fully saturated rings. The lowest BCUT2D eigenvalue weighted by atomic mass is 9.90. The number of thiophene rings is 1. The molecule has 1 aromatic carbocycles. The summed E-state index contributed by atoms with van der Waals surface area (Å²) < 4.78 is 14.2. The van der Waals surface area contributed by atoms with Crippen molar-refractivity contribution >= 4 is 17.2 Å². The Labute approximate surface area is 227 Å². The summed E-state index contributed by atoms with van der Waals surface area (Å²) in [5.74, 6) is 0.833. The molecule has 7 nitrogen and oxygen atoms in total. The quantitative estimate of drug-likeness (QED) is 0.327. The number of ether oxygens (including phenoxy) is 2. The lowest BCUT2D eigenvalue weighted by Crippen LogP contribution is -2.47. The fraction of sp³-hybridized carbons (Fsp3) is 0.367. The van der Waals surface area contributed by atoms with Crippen LogP contribution >= 0.6 is 11.3 Å². The lowest BCUT2D eigenvalue weighted by molar-refractivity contribution is 0.0543. The van der Waals surface area contributed by atoms with Crippen molar-refractivity contribution in [3.63, 3.8) is 0 Å². The Morgan fingerprint density at radius 3 is 2.71 bits per heavy atom. The average Bonchev–Trinajstić information content (AvgIpc) is 3.58. The third-order valence-corrected chi connectivity index (χ3v) is 8.41. The van der Waals surface area contributed by atoms with E-state index in [1.54, 1.807) is 37.0 Å². The van der Waals surface area contributed by atoms with E-state index >= 15 is 0 Å². The maximum Gasteiger partial charge on any atom is 0.271 e. The Kier molecular flexibility index (Phi) is 6.32. The SMILES string of the molecule is COc1cc2c(cc1-c1cnccn1)-c1cc3c(n1C(c1cccs1)C2)C(=O)N(C(C)(C)C)CCCOC3. The van der Waals surface area contributed by atoms with Gasteiger partial charge in [-0.3, -0.25) is 14.8 Å². The first-order valence-corrected chi connectivity index (χ1v) is 13.9. The number of methoxy groups -OCH3 is 1. The zero-order chi connectivity index (χ0) is 26.4. The number of carbonyl (C=O) groups excluding carboxylic acids is 1. The van der Waals surface area contributed by atoms with Crippen LogP contribution in [-0.4, -0.2) is 51.1 Å². The molecule has 0 aliphatic carbocycles. The molecule has 4 aromatic rings. The average molecular weight is 529 g/mol. The van der Waals surface area contributed by atoms with E-state index in [0.29, 0.717) is 19.8 Å². The number of fused-ring (bicyclic) bond motifs is 5. The molecule has 38 heavy (non-hydrogen) atoms. The number of amides is 1. The van der Waals surface area contributed by atoms with Crippen LogP contribution in [0.2, 0.25) is 0 Å². The molecular weight excluding hydrogens is 496 g/mol. The van der Waals surface area contributed by atoms with Crippen LogP contribution in [0, 0.1) is 0 Å². The maximum atomic E-state index is 14.4. The number of aromatic nitrogens is 3. The molecule has 2 aliphatic heterocycles. The summed E-state index contributed by atoms with van der Waals surface area (Å²) in [7, 11) is 1.69. The third kappa shape index (κ3) is 4.22. The van der Waals surface area contributed by atoms with E-state index in [1.807, 2.05) is 4.90 Å². The molecule has 8 heteroatoms. The first kappa shape index (κ1) is 24.8. The Bertz CT molecular complexity index is 1470. The van der Waals surface area contributed by atoms with E-state index in [-0.39, 0.29) is 17.5 Å². The Morgan fingerprint density at radius 1 is 1.13 bits per heavy atom. The van der Waals surface area contributed by atoms with Crippen molar-refractivity contribution in [3.8, 4) is 28.3 Å². The second-order valence-corrected chi connectivity index (χ2v) is 11.8. The van der Waals surface area contributed by atoms with Crippen molar-refractivity contribution in [2.24, 2.45) is 0 Å². The second-order valence-electron chi connectivity index (χ2n) is 10.8.